The fourth-order valence-electron chi connectivity index (χ4n) is 3.08. The minimum atomic E-state index is -0.414. The first-order chi connectivity index (χ1) is 13.4. The number of nitrogens with zero attached hydrogens (tertiary/aromatic N) is 2. The van der Waals surface area contributed by atoms with Gasteiger partial charge in [-0.3, -0.25) is 4.79 Å². The van der Waals surface area contributed by atoms with Gasteiger partial charge in [0.2, 0.25) is 5.91 Å². The summed E-state index contributed by atoms with van der Waals surface area (Å²) in [5, 5.41) is 6.06. The van der Waals surface area contributed by atoms with Gasteiger partial charge < -0.3 is 25.2 Å². The van der Waals surface area contributed by atoms with Gasteiger partial charge in [0.25, 0.3) is 0 Å². The highest BCUT2D eigenvalue weighted by molar-refractivity contribution is 7.80. The maximum absolute atomic E-state index is 12.0. The number of rotatable bonds is 7. The number of carbonyl (C=O) groups is 2. The summed E-state index contributed by atoms with van der Waals surface area (Å²) in [4.78, 5) is 28.5. The van der Waals surface area contributed by atoms with Gasteiger partial charge in [0.1, 0.15) is 0 Å². The molecule has 1 heterocycles. The van der Waals surface area contributed by atoms with Crippen molar-refractivity contribution in [3.05, 3.63) is 23.8 Å². The summed E-state index contributed by atoms with van der Waals surface area (Å²) in [5.74, 6) is -0.515. The number of hydrogen-bond donors (Lipinski definition) is 2. The van der Waals surface area contributed by atoms with Crippen molar-refractivity contribution in [2.75, 3.05) is 50.6 Å². The predicted octanol–water partition coefficient (Wildman–Crippen LogP) is 2.62. The van der Waals surface area contributed by atoms with Crippen LogP contribution in [0.3, 0.4) is 0 Å². The summed E-state index contributed by atoms with van der Waals surface area (Å²) in [6, 6.07) is 5.36. The molecule has 7 nitrogen and oxygen atoms in total. The fraction of sp³-hybridized carbons (Fsp3) is 0.550. The van der Waals surface area contributed by atoms with E-state index in [0.29, 0.717) is 17.7 Å². The highest BCUT2D eigenvalue weighted by atomic mass is 32.1. The molecule has 0 bridgehead atoms. The molecule has 1 aliphatic heterocycles. The summed E-state index contributed by atoms with van der Waals surface area (Å²) >= 11 is 5.32. The van der Waals surface area contributed by atoms with Crippen LogP contribution in [0.5, 0.6) is 0 Å². The quantitative estimate of drug-likeness (QED) is 0.410. The average Bonchev–Trinajstić information content (AvgIpc) is 2.68. The predicted molar refractivity (Wildman–Crippen MR) is 116 cm³/mol. The molecule has 154 valence electrons. The second-order valence-electron chi connectivity index (χ2n) is 6.97. The van der Waals surface area contributed by atoms with Crippen LogP contribution in [0.25, 0.3) is 0 Å². The maximum Gasteiger partial charge on any atom is 0.337 e. The van der Waals surface area contributed by atoms with Crippen molar-refractivity contribution in [2.24, 2.45) is 0 Å². The third-order valence-electron chi connectivity index (χ3n) is 4.77. The summed E-state index contributed by atoms with van der Waals surface area (Å²) in [7, 11) is 3.45. The van der Waals surface area contributed by atoms with Crippen LogP contribution in [-0.4, -0.2) is 62.2 Å². The lowest BCUT2D eigenvalue weighted by Gasteiger charge is -2.35. The molecule has 0 aromatic heterocycles. The Morgan fingerprint density at radius 1 is 1.18 bits per heavy atom. The van der Waals surface area contributed by atoms with Crippen LogP contribution in [0, 0.1) is 0 Å². The van der Waals surface area contributed by atoms with E-state index in [1.165, 1.54) is 7.11 Å². The molecule has 0 unspecified atom stereocenters. The summed E-state index contributed by atoms with van der Waals surface area (Å²) in [6.07, 6.45) is 3.37. The van der Waals surface area contributed by atoms with Crippen molar-refractivity contribution in [1.82, 2.24) is 10.2 Å². The average molecular weight is 407 g/mol. The van der Waals surface area contributed by atoms with Gasteiger partial charge in [0, 0.05) is 32.6 Å². The Bertz CT molecular complexity index is 703. The first kappa shape index (κ1) is 22.1. The van der Waals surface area contributed by atoms with E-state index < -0.39 is 5.97 Å². The largest absolute Gasteiger partial charge is 0.465 e. The Hall–Kier alpha value is -2.19. The number of anilines is 2. The lowest BCUT2D eigenvalue weighted by molar-refractivity contribution is -0.119. The number of benzene rings is 1. The first-order valence-electron chi connectivity index (χ1n) is 9.71. The van der Waals surface area contributed by atoms with Gasteiger partial charge in [-0.1, -0.05) is 19.8 Å². The van der Waals surface area contributed by atoms with Gasteiger partial charge in [-0.2, -0.15) is 0 Å². The standard InChI is InChI=1S/C20H30N4O3S/c1-4-5-6-7-18(25)22-20(28)21-16-14-15(19(26)27-3)8-9-17(16)24-12-10-23(2)11-13-24/h8-9,14H,4-7,10-13H2,1-3H3,(H2,21,22,25,28). The number of hydrogen-bond acceptors (Lipinski definition) is 6. The van der Waals surface area contributed by atoms with Crippen molar-refractivity contribution in [2.45, 2.75) is 32.6 Å². The SMILES string of the molecule is CCCCCC(=O)NC(=S)Nc1cc(C(=O)OC)ccc1N1CCN(C)CC1. The number of methoxy groups -OCH3 is 1. The van der Waals surface area contributed by atoms with Crippen LogP contribution < -0.4 is 15.5 Å². The molecular formula is C20H30N4O3S. The minimum absolute atomic E-state index is 0.101. The number of esters is 1. The van der Waals surface area contributed by atoms with Crippen LogP contribution in [0.1, 0.15) is 43.0 Å². The second-order valence-corrected chi connectivity index (χ2v) is 7.38. The monoisotopic (exact) mass is 406 g/mol. The molecule has 1 aromatic rings. The number of thiocarbonyl (C=S) groups is 1. The number of likely N-dealkylation sites (N-methyl/N-ethyl adjacent to an activating group) is 1. The Morgan fingerprint density at radius 2 is 1.89 bits per heavy atom. The highest BCUT2D eigenvalue weighted by Gasteiger charge is 2.19. The molecular weight excluding hydrogens is 376 g/mol. The van der Waals surface area contributed by atoms with Crippen molar-refractivity contribution in [3.63, 3.8) is 0 Å². The third kappa shape index (κ3) is 6.45. The number of nitrogens with one attached hydrogen (secondary N) is 2. The molecule has 2 rings (SSSR count). The van der Waals surface area contributed by atoms with E-state index in [1.54, 1.807) is 12.1 Å². The molecule has 0 spiro atoms. The van der Waals surface area contributed by atoms with Gasteiger partial charge in [0.15, 0.2) is 5.11 Å². The third-order valence-corrected chi connectivity index (χ3v) is 4.97. The van der Waals surface area contributed by atoms with Crippen molar-refractivity contribution >= 4 is 40.6 Å². The molecule has 0 radical (unpaired) electrons. The zero-order valence-corrected chi connectivity index (χ0v) is 17.7. The van der Waals surface area contributed by atoms with Gasteiger partial charge in [-0.15, -0.1) is 0 Å². The van der Waals surface area contributed by atoms with E-state index in [0.717, 1.165) is 51.1 Å². The molecule has 1 aromatic carbocycles. The Morgan fingerprint density at radius 3 is 2.54 bits per heavy atom. The number of ether oxygens (including phenoxy) is 1. The minimum Gasteiger partial charge on any atom is -0.465 e. The van der Waals surface area contributed by atoms with Crippen LogP contribution in [0.4, 0.5) is 11.4 Å². The normalized spacial score (nSPS) is 14.5. The van der Waals surface area contributed by atoms with Crippen LogP contribution in [-0.2, 0) is 9.53 Å². The number of amides is 1. The molecule has 2 N–H and O–H groups in total. The molecule has 1 amide bonds. The molecule has 8 heteroatoms. The molecule has 0 atom stereocenters. The van der Waals surface area contributed by atoms with E-state index in [2.05, 4.69) is 34.4 Å². The van der Waals surface area contributed by atoms with E-state index >= 15 is 0 Å². The summed E-state index contributed by atoms with van der Waals surface area (Å²) in [5.41, 5.74) is 2.06. The van der Waals surface area contributed by atoms with Crippen molar-refractivity contribution in [3.8, 4) is 0 Å². The lowest BCUT2D eigenvalue weighted by atomic mass is 10.1. The zero-order chi connectivity index (χ0) is 20.5. The Balaban J connectivity index is 2.13. The molecule has 1 fully saturated rings. The van der Waals surface area contributed by atoms with E-state index in [4.69, 9.17) is 17.0 Å². The molecule has 1 saturated heterocycles. The number of unbranched alkanes of at least 4 members (excludes halogenated alkanes) is 2. The van der Waals surface area contributed by atoms with E-state index in [9.17, 15) is 9.59 Å². The maximum atomic E-state index is 12.0. The van der Waals surface area contributed by atoms with Gasteiger partial charge in [-0.25, -0.2) is 4.79 Å². The molecule has 1 aliphatic rings. The molecule has 28 heavy (non-hydrogen) atoms. The van der Waals surface area contributed by atoms with E-state index in [1.807, 2.05) is 6.07 Å². The summed E-state index contributed by atoms with van der Waals surface area (Å²) < 4.78 is 4.83. The second kappa shape index (κ2) is 11.0. The van der Waals surface area contributed by atoms with Crippen molar-refractivity contribution in [1.29, 1.82) is 0 Å². The van der Waals surface area contributed by atoms with Gasteiger partial charge in [-0.05, 0) is 43.9 Å². The lowest BCUT2D eigenvalue weighted by Crippen LogP contribution is -2.45. The van der Waals surface area contributed by atoms with E-state index in [-0.39, 0.29) is 11.0 Å². The van der Waals surface area contributed by atoms with Crippen LogP contribution in [0.2, 0.25) is 0 Å². The Labute approximate surface area is 172 Å². The number of piperazine rings is 1. The number of carbonyl (C=O) groups excluding carboxylic acids is 2. The molecule has 0 saturated carbocycles. The van der Waals surface area contributed by atoms with Gasteiger partial charge in [0.05, 0.1) is 24.0 Å². The smallest absolute Gasteiger partial charge is 0.337 e. The first-order valence-corrected chi connectivity index (χ1v) is 10.1. The van der Waals surface area contributed by atoms with Crippen LogP contribution in [0.15, 0.2) is 18.2 Å². The Kier molecular flexibility index (Phi) is 8.66. The molecule has 0 aliphatic carbocycles. The van der Waals surface area contributed by atoms with Crippen LogP contribution >= 0.6 is 12.2 Å². The van der Waals surface area contributed by atoms with Gasteiger partial charge >= 0.3 is 5.97 Å². The zero-order valence-electron chi connectivity index (χ0n) is 16.9. The summed E-state index contributed by atoms with van der Waals surface area (Å²) in [6.45, 7) is 5.75. The topological polar surface area (TPSA) is 73.9 Å². The van der Waals surface area contributed by atoms with Crippen molar-refractivity contribution < 1.29 is 14.3 Å². The fourth-order valence-corrected chi connectivity index (χ4v) is 3.31. The highest BCUT2D eigenvalue weighted by Crippen LogP contribution is 2.28.